The van der Waals surface area contributed by atoms with Crippen LogP contribution in [-0.2, 0) is 0 Å². The third-order valence-electron chi connectivity index (χ3n) is 6.44. The van der Waals surface area contributed by atoms with Crippen molar-refractivity contribution in [2.24, 2.45) is 5.92 Å². The number of rotatable bonds is 8. The van der Waals surface area contributed by atoms with E-state index in [-0.39, 0.29) is 12.2 Å². The predicted molar refractivity (Wildman–Crippen MR) is 126 cm³/mol. The molecule has 0 aliphatic carbocycles. The molecule has 9 heteroatoms. The molecule has 176 valence electrons. The van der Waals surface area contributed by atoms with Gasteiger partial charge in [0.05, 0.1) is 38.3 Å². The summed E-state index contributed by atoms with van der Waals surface area (Å²) >= 11 is 0. The number of likely N-dealkylation sites (tertiary alicyclic amines) is 1. The standard InChI is InChI=1S/C24H33N7O2/c1-16(2)31-8-6-17(7-9-31)15-33-19-4-5-20(22(10-19)32-3)21-11-23(30-29-21)28-24-14-26-18(12-25)13-27-24/h4-5,10,13-14,16-17,21,23,29-30H,6-9,11,15H2,1-3H3,(H,27,28). The van der Waals surface area contributed by atoms with E-state index in [2.05, 4.69) is 51.0 Å². The molecule has 3 N–H and O–H groups in total. The van der Waals surface area contributed by atoms with E-state index in [1.165, 1.54) is 19.0 Å². The van der Waals surface area contributed by atoms with Crippen molar-refractivity contribution >= 4 is 5.82 Å². The molecule has 1 aromatic carbocycles. The molecule has 9 nitrogen and oxygen atoms in total. The van der Waals surface area contributed by atoms with Gasteiger partial charge >= 0.3 is 0 Å². The van der Waals surface area contributed by atoms with Crippen LogP contribution in [0.5, 0.6) is 11.5 Å². The fourth-order valence-electron chi connectivity index (χ4n) is 4.41. The van der Waals surface area contributed by atoms with Crippen LogP contribution in [0, 0.1) is 17.2 Å². The minimum atomic E-state index is -0.0328. The highest BCUT2D eigenvalue weighted by Crippen LogP contribution is 2.33. The Bertz CT molecular complexity index is 952. The lowest BCUT2D eigenvalue weighted by atomic mass is 9.97. The van der Waals surface area contributed by atoms with Crippen LogP contribution in [0.15, 0.2) is 30.6 Å². The number of piperidine rings is 1. The summed E-state index contributed by atoms with van der Waals surface area (Å²) in [6, 6.07) is 8.73. The largest absolute Gasteiger partial charge is 0.496 e. The number of hydrogen-bond donors (Lipinski definition) is 3. The number of nitriles is 1. The summed E-state index contributed by atoms with van der Waals surface area (Å²) in [7, 11) is 1.69. The monoisotopic (exact) mass is 451 g/mol. The zero-order chi connectivity index (χ0) is 23.2. The SMILES string of the molecule is COc1cc(OCC2CCN(C(C)C)CC2)ccc1C1CC(Nc2cnc(C#N)cn2)NN1. The van der Waals surface area contributed by atoms with E-state index in [4.69, 9.17) is 14.7 Å². The zero-order valence-electron chi connectivity index (χ0n) is 19.5. The second-order valence-corrected chi connectivity index (χ2v) is 8.96. The molecule has 0 spiro atoms. The number of benzene rings is 1. The fourth-order valence-corrected chi connectivity index (χ4v) is 4.41. The molecule has 2 unspecified atom stereocenters. The Morgan fingerprint density at radius 1 is 1.21 bits per heavy atom. The second-order valence-electron chi connectivity index (χ2n) is 8.96. The van der Waals surface area contributed by atoms with Crippen LogP contribution in [0.25, 0.3) is 0 Å². The molecule has 2 atom stereocenters. The van der Waals surface area contributed by atoms with Gasteiger partial charge in [0.2, 0.25) is 0 Å². The summed E-state index contributed by atoms with van der Waals surface area (Å²) in [5.74, 6) is 2.86. The van der Waals surface area contributed by atoms with Crippen molar-refractivity contribution in [1.29, 1.82) is 5.26 Å². The summed E-state index contributed by atoms with van der Waals surface area (Å²) in [4.78, 5) is 10.8. The molecule has 1 aromatic heterocycles. The summed E-state index contributed by atoms with van der Waals surface area (Å²) in [6.07, 6.45) is 6.14. The van der Waals surface area contributed by atoms with Crippen LogP contribution in [0.4, 0.5) is 5.82 Å². The van der Waals surface area contributed by atoms with Crippen LogP contribution in [0.3, 0.4) is 0 Å². The third-order valence-corrected chi connectivity index (χ3v) is 6.44. The second kappa shape index (κ2) is 10.8. The van der Waals surface area contributed by atoms with E-state index < -0.39 is 0 Å². The predicted octanol–water partition coefficient (Wildman–Crippen LogP) is 2.83. The molecule has 4 rings (SSSR count). The number of methoxy groups -OCH3 is 1. The third kappa shape index (κ3) is 5.90. The fraction of sp³-hybridized carbons (Fsp3) is 0.542. The molecule has 33 heavy (non-hydrogen) atoms. The van der Waals surface area contributed by atoms with Gasteiger partial charge in [0, 0.05) is 24.1 Å². The van der Waals surface area contributed by atoms with Gasteiger partial charge in [-0.15, -0.1) is 0 Å². The number of aromatic nitrogens is 2. The summed E-state index contributed by atoms with van der Waals surface area (Å²) in [5, 5.41) is 12.1. The normalized spacial score (nSPS) is 21.7. The molecule has 2 aliphatic heterocycles. The molecule has 0 saturated carbocycles. The number of hydrazine groups is 1. The lowest BCUT2D eigenvalue weighted by Gasteiger charge is -2.34. The Hall–Kier alpha value is -2.93. The number of anilines is 1. The van der Waals surface area contributed by atoms with Crippen molar-refractivity contribution in [2.45, 2.75) is 51.4 Å². The minimum absolute atomic E-state index is 0.0328. The maximum atomic E-state index is 8.85. The van der Waals surface area contributed by atoms with Crippen LogP contribution < -0.4 is 25.6 Å². The first kappa shape index (κ1) is 23.2. The van der Waals surface area contributed by atoms with Gasteiger partial charge in [0.1, 0.15) is 23.4 Å². The van der Waals surface area contributed by atoms with E-state index in [0.717, 1.165) is 43.2 Å². The Balaban J connectivity index is 1.31. The van der Waals surface area contributed by atoms with Crippen LogP contribution >= 0.6 is 0 Å². The van der Waals surface area contributed by atoms with Gasteiger partial charge < -0.3 is 19.7 Å². The topological polar surface area (TPSA) is 107 Å². The first-order chi connectivity index (χ1) is 16.1. The highest BCUT2D eigenvalue weighted by Gasteiger charge is 2.28. The Morgan fingerprint density at radius 3 is 2.70 bits per heavy atom. The molecule has 0 bridgehead atoms. The Kier molecular flexibility index (Phi) is 7.60. The molecule has 2 saturated heterocycles. The van der Waals surface area contributed by atoms with Crippen molar-refractivity contribution in [3.05, 3.63) is 41.9 Å². The number of ether oxygens (including phenoxy) is 2. The molecular formula is C24H33N7O2. The lowest BCUT2D eigenvalue weighted by Crippen LogP contribution is -2.39. The molecule has 3 heterocycles. The van der Waals surface area contributed by atoms with E-state index in [9.17, 15) is 0 Å². The number of hydrogen-bond acceptors (Lipinski definition) is 9. The average Bonchev–Trinajstić information content (AvgIpc) is 3.31. The van der Waals surface area contributed by atoms with E-state index in [1.54, 1.807) is 13.3 Å². The van der Waals surface area contributed by atoms with Crippen molar-refractivity contribution in [2.75, 3.05) is 32.1 Å². The van der Waals surface area contributed by atoms with Gasteiger partial charge in [-0.1, -0.05) is 6.07 Å². The van der Waals surface area contributed by atoms with E-state index >= 15 is 0 Å². The average molecular weight is 452 g/mol. The smallest absolute Gasteiger partial charge is 0.158 e. The highest BCUT2D eigenvalue weighted by molar-refractivity contribution is 5.43. The summed E-state index contributed by atoms with van der Waals surface area (Å²) in [6.45, 7) is 7.57. The maximum Gasteiger partial charge on any atom is 0.158 e. The quantitative estimate of drug-likeness (QED) is 0.558. The van der Waals surface area contributed by atoms with Gasteiger partial charge in [0.25, 0.3) is 0 Å². The summed E-state index contributed by atoms with van der Waals surface area (Å²) in [5.41, 5.74) is 7.92. The van der Waals surface area contributed by atoms with Gasteiger partial charge in [-0.2, -0.15) is 5.26 Å². The molecule has 0 amide bonds. The Labute approximate surface area is 195 Å². The lowest BCUT2D eigenvalue weighted by molar-refractivity contribution is 0.119. The van der Waals surface area contributed by atoms with Crippen molar-refractivity contribution in [3.63, 3.8) is 0 Å². The highest BCUT2D eigenvalue weighted by atomic mass is 16.5. The van der Waals surface area contributed by atoms with Crippen LogP contribution in [-0.4, -0.2) is 53.9 Å². The zero-order valence-corrected chi connectivity index (χ0v) is 19.5. The van der Waals surface area contributed by atoms with Gasteiger partial charge in [0.15, 0.2) is 5.69 Å². The Morgan fingerprint density at radius 2 is 2.03 bits per heavy atom. The summed E-state index contributed by atoms with van der Waals surface area (Å²) < 4.78 is 11.8. The van der Waals surface area contributed by atoms with Gasteiger partial charge in [-0.05, 0) is 51.8 Å². The van der Waals surface area contributed by atoms with Crippen LogP contribution in [0.2, 0.25) is 0 Å². The van der Waals surface area contributed by atoms with Crippen LogP contribution in [0.1, 0.15) is 50.4 Å². The van der Waals surface area contributed by atoms with Crippen molar-refractivity contribution in [1.82, 2.24) is 25.7 Å². The number of nitrogens with one attached hydrogen (secondary N) is 3. The van der Waals surface area contributed by atoms with E-state index in [1.807, 2.05) is 18.2 Å². The molecular weight excluding hydrogens is 418 g/mol. The first-order valence-electron chi connectivity index (χ1n) is 11.6. The van der Waals surface area contributed by atoms with Gasteiger partial charge in [-0.3, -0.25) is 0 Å². The molecule has 0 radical (unpaired) electrons. The number of nitrogens with zero attached hydrogens (tertiary/aromatic N) is 4. The van der Waals surface area contributed by atoms with Crippen molar-refractivity contribution in [3.8, 4) is 17.6 Å². The maximum absolute atomic E-state index is 8.85. The molecule has 2 aliphatic rings. The molecule has 2 aromatic rings. The minimum Gasteiger partial charge on any atom is -0.496 e. The first-order valence-corrected chi connectivity index (χ1v) is 11.6. The van der Waals surface area contributed by atoms with Gasteiger partial charge in [-0.25, -0.2) is 20.8 Å². The van der Waals surface area contributed by atoms with Crippen molar-refractivity contribution < 1.29 is 9.47 Å². The molecule has 2 fully saturated rings. The van der Waals surface area contributed by atoms with E-state index in [0.29, 0.717) is 23.5 Å².